The fraction of sp³-hybridized carbons (Fsp3) is 0.588. The molecule has 0 bridgehead atoms. The monoisotopic (exact) mass is 482 g/mol. The maximum Gasteiger partial charge on any atom is 0.240 e. The van der Waals surface area contributed by atoms with Crippen LogP contribution in [-0.2, 0) is 10.0 Å². The van der Waals surface area contributed by atoms with E-state index in [1.807, 2.05) is 0 Å². The van der Waals surface area contributed by atoms with E-state index in [4.69, 9.17) is 0 Å². The number of nitrogens with zero attached hydrogens (tertiary/aromatic N) is 1. The summed E-state index contributed by atoms with van der Waals surface area (Å²) in [5, 5.41) is 6.44. The van der Waals surface area contributed by atoms with Crippen molar-refractivity contribution in [3.05, 3.63) is 30.3 Å². The van der Waals surface area contributed by atoms with Gasteiger partial charge in [-0.1, -0.05) is 44.4 Å². The van der Waals surface area contributed by atoms with E-state index in [0.29, 0.717) is 25.1 Å². The fourth-order valence-electron chi connectivity index (χ4n) is 2.25. The molecule has 0 aliphatic carbocycles. The summed E-state index contributed by atoms with van der Waals surface area (Å²) in [6.07, 6.45) is 4.73. The predicted octanol–water partition coefficient (Wildman–Crippen LogP) is 2.72. The molecule has 1 unspecified atom stereocenters. The highest BCUT2D eigenvalue weighted by atomic mass is 127. The fourth-order valence-corrected chi connectivity index (χ4v) is 3.30. The zero-order valence-corrected chi connectivity index (χ0v) is 18.4. The number of rotatable bonds is 10. The van der Waals surface area contributed by atoms with Crippen molar-refractivity contribution in [3.63, 3.8) is 0 Å². The van der Waals surface area contributed by atoms with Gasteiger partial charge in [-0.2, -0.15) is 0 Å². The first-order chi connectivity index (χ1) is 11.5. The zero-order chi connectivity index (χ0) is 17.8. The number of guanidine groups is 1. The van der Waals surface area contributed by atoms with E-state index in [1.165, 1.54) is 19.3 Å². The van der Waals surface area contributed by atoms with Gasteiger partial charge in [-0.3, -0.25) is 4.99 Å². The second-order valence-corrected chi connectivity index (χ2v) is 7.52. The molecular weight excluding hydrogens is 451 g/mol. The smallest absolute Gasteiger partial charge is 0.240 e. The molecule has 0 aliphatic rings. The minimum atomic E-state index is -3.45. The van der Waals surface area contributed by atoms with E-state index in [1.54, 1.807) is 37.4 Å². The topological polar surface area (TPSA) is 82.6 Å². The lowest BCUT2D eigenvalue weighted by Gasteiger charge is -2.18. The molecule has 1 rings (SSSR count). The summed E-state index contributed by atoms with van der Waals surface area (Å²) in [5.74, 6) is 0.693. The summed E-state index contributed by atoms with van der Waals surface area (Å²) in [5.41, 5.74) is 0. The predicted molar refractivity (Wildman–Crippen MR) is 115 cm³/mol. The Kier molecular flexibility index (Phi) is 12.9. The van der Waals surface area contributed by atoms with Crippen LogP contribution in [0.4, 0.5) is 0 Å². The van der Waals surface area contributed by atoms with Gasteiger partial charge in [0.05, 0.1) is 4.90 Å². The Balaban J connectivity index is 0.00000576. The van der Waals surface area contributed by atoms with Crippen molar-refractivity contribution in [2.75, 3.05) is 20.1 Å². The Morgan fingerprint density at radius 3 is 2.44 bits per heavy atom. The summed E-state index contributed by atoms with van der Waals surface area (Å²) in [6, 6.07) is 8.70. The number of hydrogen-bond acceptors (Lipinski definition) is 3. The van der Waals surface area contributed by atoms with Crippen molar-refractivity contribution in [2.24, 2.45) is 4.99 Å². The van der Waals surface area contributed by atoms with Gasteiger partial charge in [0.15, 0.2) is 5.96 Å². The summed E-state index contributed by atoms with van der Waals surface area (Å²) in [7, 11) is -1.74. The molecule has 8 heteroatoms. The zero-order valence-electron chi connectivity index (χ0n) is 15.3. The van der Waals surface area contributed by atoms with Gasteiger partial charge in [0.25, 0.3) is 0 Å². The van der Waals surface area contributed by atoms with Gasteiger partial charge in [-0.15, -0.1) is 24.0 Å². The number of nitrogens with one attached hydrogen (secondary N) is 3. The number of benzene rings is 1. The highest BCUT2D eigenvalue weighted by Crippen LogP contribution is 2.06. The minimum Gasteiger partial charge on any atom is -0.355 e. The van der Waals surface area contributed by atoms with Crippen LogP contribution in [-0.4, -0.2) is 40.6 Å². The Hall–Kier alpha value is -0.870. The number of halogens is 1. The molecule has 0 saturated heterocycles. The second-order valence-electron chi connectivity index (χ2n) is 5.75. The number of aliphatic imine (C=N–C) groups is 1. The molecule has 0 saturated carbocycles. The van der Waals surface area contributed by atoms with Gasteiger partial charge in [0.1, 0.15) is 0 Å². The van der Waals surface area contributed by atoms with Crippen LogP contribution in [0.15, 0.2) is 40.2 Å². The minimum absolute atomic E-state index is 0. The van der Waals surface area contributed by atoms with Crippen LogP contribution in [0.2, 0.25) is 0 Å². The molecule has 25 heavy (non-hydrogen) atoms. The molecule has 144 valence electrons. The summed E-state index contributed by atoms with van der Waals surface area (Å²) in [6.45, 7) is 5.07. The lowest BCUT2D eigenvalue weighted by atomic mass is 10.1. The molecular formula is C17H31IN4O2S. The van der Waals surface area contributed by atoms with Gasteiger partial charge in [0.2, 0.25) is 10.0 Å². The Labute approximate surface area is 169 Å². The van der Waals surface area contributed by atoms with Crippen molar-refractivity contribution < 1.29 is 8.42 Å². The van der Waals surface area contributed by atoms with Crippen molar-refractivity contribution in [2.45, 2.75) is 50.5 Å². The van der Waals surface area contributed by atoms with Crippen molar-refractivity contribution >= 4 is 40.0 Å². The third kappa shape index (κ3) is 10.0. The second kappa shape index (κ2) is 13.3. The SMILES string of the molecule is CCCCCC(C)NC(=NC)NCCNS(=O)(=O)c1ccccc1.I. The molecule has 0 aromatic heterocycles. The van der Waals surface area contributed by atoms with E-state index in [0.717, 1.165) is 6.42 Å². The van der Waals surface area contributed by atoms with Crippen LogP contribution >= 0.6 is 24.0 Å². The molecule has 1 aromatic rings. The lowest BCUT2D eigenvalue weighted by molar-refractivity contribution is 0.546. The Morgan fingerprint density at radius 1 is 1.16 bits per heavy atom. The summed E-state index contributed by atoms with van der Waals surface area (Å²) >= 11 is 0. The molecule has 3 N–H and O–H groups in total. The summed E-state index contributed by atoms with van der Waals surface area (Å²) < 4.78 is 26.7. The molecule has 1 atom stereocenters. The van der Waals surface area contributed by atoms with Crippen LogP contribution in [0, 0.1) is 0 Å². The molecule has 0 heterocycles. The van der Waals surface area contributed by atoms with E-state index in [-0.39, 0.29) is 28.9 Å². The Bertz CT molecular complexity index is 594. The maximum atomic E-state index is 12.1. The van der Waals surface area contributed by atoms with Crippen LogP contribution in [0.5, 0.6) is 0 Å². The first-order valence-corrected chi connectivity index (χ1v) is 9.99. The highest BCUT2D eigenvalue weighted by Gasteiger charge is 2.12. The first-order valence-electron chi connectivity index (χ1n) is 8.51. The van der Waals surface area contributed by atoms with Crippen molar-refractivity contribution in [1.82, 2.24) is 15.4 Å². The third-order valence-electron chi connectivity index (χ3n) is 3.61. The van der Waals surface area contributed by atoms with Crippen molar-refractivity contribution in [1.29, 1.82) is 0 Å². The van der Waals surface area contributed by atoms with E-state index >= 15 is 0 Å². The largest absolute Gasteiger partial charge is 0.355 e. The molecule has 0 aliphatic heterocycles. The average Bonchev–Trinajstić information content (AvgIpc) is 2.58. The quantitative estimate of drug-likeness (QED) is 0.207. The van der Waals surface area contributed by atoms with Crippen LogP contribution in [0.25, 0.3) is 0 Å². The average molecular weight is 482 g/mol. The van der Waals surface area contributed by atoms with Crippen molar-refractivity contribution in [3.8, 4) is 0 Å². The molecule has 0 radical (unpaired) electrons. The number of hydrogen-bond donors (Lipinski definition) is 3. The van der Waals surface area contributed by atoms with Crippen LogP contribution in [0.3, 0.4) is 0 Å². The molecule has 0 amide bonds. The van der Waals surface area contributed by atoms with Gasteiger partial charge in [0, 0.05) is 26.2 Å². The maximum absolute atomic E-state index is 12.1. The van der Waals surface area contributed by atoms with Crippen LogP contribution < -0.4 is 15.4 Å². The first kappa shape index (κ1) is 24.1. The van der Waals surface area contributed by atoms with Gasteiger partial charge < -0.3 is 10.6 Å². The lowest BCUT2D eigenvalue weighted by Crippen LogP contribution is -2.44. The van der Waals surface area contributed by atoms with Gasteiger partial charge in [-0.25, -0.2) is 13.1 Å². The van der Waals surface area contributed by atoms with Crippen LogP contribution in [0.1, 0.15) is 39.5 Å². The Morgan fingerprint density at radius 2 is 1.84 bits per heavy atom. The van der Waals surface area contributed by atoms with E-state index in [2.05, 4.69) is 34.2 Å². The molecule has 6 nitrogen and oxygen atoms in total. The van der Waals surface area contributed by atoms with Gasteiger partial charge >= 0.3 is 0 Å². The molecule has 0 spiro atoms. The standard InChI is InChI=1S/C17H30N4O2S.HI/c1-4-5-7-10-15(2)21-17(18-3)19-13-14-20-24(22,23)16-11-8-6-9-12-16;/h6,8-9,11-12,15,20H,4-5,7,10,13-14H2,1-3H3,(H2,18,19,21);1H. The third-order valence-corrected chi connectivity index (χ3v) is 5.09. The normalized spacial score (nSPS) is 13.0. The highest BCUT2D eigenvalue weighted by molar-refractivity contribution is 14.0. The number of sulfonamides is 1. The molecule has 1 aromatic carbocycles. The van der Waals surface area contributed by atoms with E-state index < -0.39 is 10.0 Å². The summed E-state index contributed by atoms with van der Waals surface area (Å²) in [4.78, 5) is 4.44. The van der Waals surface area contributed by atoms with E-state index in [9.17, 15) is 8.42 Å². The van der Waals surface area contributed by atoms with Gasteiger partial charge in [-0.05, 0) is 25.5 Å². The molecule has 0 fully saturated rings. The number of unbranched alkanes of at least 4 members (excludes halogenated alkanes) is 2.